The molecule has 0 amide bonds. The zero-order valence-electron chi connectivity index (χ0n) is 21.6. The lowest BCUT2D eigenvalue weighted by Gasteiger charge is -2.34. The number of rotatable bonds is 4. The highest BCUT2D eigenvalue weighted by Crippen LogP contribution is 2.42. The van der Waals surface area contributed by atoms with Crippen LogP contribution in [-0.2, 0) is 10.9 Å². The molecule has 8 nitrogen and oxygen atoms in total. The van der Waals surface area contributed by atoms with Crippen molar-refractivity contribution in [2.45, 2.75) is 44.9 Å². The number of H-pyrrole nitrogens is 1. The number of aromatic nitrogens is 5. The zero-order chi connectivity index (χ0) is 27.3. The number of fused-ring (bicyclic) bond motifs is 1. The average Bonchev–Trinajstić information content (AvgIpc) is 3.54. The van der Waals surface area contributed by atoms with E-state index < -0.39 is 23.4 Å². The summed E-state index contributed by atoms with van der Waals surface area (Å²) in [5, 5.41) is 8.03. The maximum absolute atomic E-state index is 16.4. The Bertz CT molecular complexity index is 1510. The van der Waals surface area contributed by atoms with Gasteiger partial charge in [0.05, 0.1) is 30.9 Å². The van der Waals surface area contributed by atoms with E-state index in [1.54, 1.807) is 30.2 Å². The van der Waals surface area contributed by atoms with Crippen LogP contribution in [0.2, 0.25) is 0 Å². The van der Waals surface area contributed by atoms with Gasteiger partial charge in [-0.1, -0.05) is 12.1 Å². The molecule has 2 fully saturated rings. The Labute approximate surface area is 222 Å². The molecule has 6 rings (SSSR count). The molecule has 0 aliphatic carbocycles. The summed E-state index contributed by atoms with van der Waals surface area (Å²) in [5.41, 5.74) is -0.235. The van der Waals surface area contributed by atoms with Crippen molar-refractivity contribution in [3.63, 3.8) is 0 Å². The van der Waals surface area contributed by atoms with Gasteiger partial charge in [0.25, 0.3) is 0 Å². The number of morpholine rings is 1. The van der Waals surface area contributed by atoms with Crippen molar-refractivity contribution in [1.82, 2.24) is 30.0 Å². The molecule has 4 aromatic rings. The Morgan fingerprint density at radius 3 is 2.64 bits per heavy atom. The van der Waals surface area contributed by atoms with Gasteiger partial charge < -0.3 is 19.9 Å². The highest BCUT2D eigenvalue weighted by molar-refractivity contribution is 5.93. The quantitative estimate of drug-likeness (QED) is 0.349. The van der Waals surface area contributed by atoms with Gasteiger partial charge in [0, 0.05) is 34.9 Å². The zero-order valence-corrected chi connectivity index (χ0v) is 21.6. The number of hydrogen-bond acceptors (Lipinski definition) is 6. The maximum atomic E-state index is 16.4. The summed E-state index contributed by atoms with van der Waals surface area (Å²) in [6.45, 7) is 5.83. The van der Waals surface area contributed by atoms with Crippen molar-refractivity contribution in [1.29, 1.82) is 0 Å². The first-order valence-corrected chi connectivity index (χ1v) is 13.1. The standard InChI is InChI=1S/C27H29F4N7O/c1-15-14-39-13-12-37(15)26-22(28)23(34-25(35-26)19-4-3-5-20-18(19)8-11-33-20)21-16(2)38(17-6-9-32-10-7-17)36-24(21)27(29,30)31/h3-5,8,11,15,17,32-33H,6-7,9-10,12-14H2,1-2H3/t15-/m1/s1. The lowest BCUT2D eigenvalue weighted by Crippen LogP contribution is -2.44. The molecular formula is C27H29F4N7O. The number of benzene rings is 1. The molecule has 0 saturated carbocycles. The molecule has 0 unspecified atom stereocenters. The lowest BCUT2D eigenvalue weighted by molar-refractivity contribution is -0.141. The second-order valence-electron chi connectivity index (χ2n) is 10.1. The molecule has 12 heteroatoms. The van der Waals surface area contributed by atoms with Crippen molar-refractivity contribution in [2.75, 3.05) is 37.7 Å². The summed E-state index contributed by atoms with van der Waals surface area (Å²) in [6, 6.07) is 6.86. The summed E-state index contributed by atoms with van der Waals surface area (Å²) >= 11 is 0. The van der Waals surface area contributed by atoms with Crippen LogP contribution in [0, 0.1) is 12.7 Å². The van der Waals surface area contributed by atoms with Gasteiger partial charge in [0.1, 0.15) is 5.69 Å². The minimum atomic E-state index is -4.80. The van der Waals surface area contributed by atoms with Gasteiger partial charge >= 0.3 is 6.18 Å². The van der Waals surface area contributed by atoms with E-state index >= 15 is 4.39 Å². The Morgan fingerprint density at radius 1 is 1.10 bits per heavy atom. The topological polar surface area (TPSA) is 83.9 Å². The number of halogens is 4. The van der Waals surface area contributed by atoms with Crippen molar-refractivity contribution < 1.29 is 22.3 Å². The van der Waals surface area contributed by atoms with Gasteiger partial charge in [-0.2, -0.15) is 18.3 Å². The molecule has 2 saturated heterocycles. The largest absolute Gasteiger partial charge is 0.435 e. The summed E-state index contributed by atoms with van der Waals surface area (Å²) in [7, 11) is 0. The lowest BCUT2D eigenvalue weighted by atomic mass is 10.0. The molecule has 2 N–H and O–H groups in total. The van der Waals surface area contributed by atoms with E-state index in [-0.39, 0.29) is 35.0 Å². The van der Waals surface area contributed by atoms with E-state index in [0.29, 0.717) is 51.3 Å². The van der Waals surface area contributed by atoms with Crippen LogP contribution in [0.1, 0.15) is 37.2 Å². The molecule has 1 atom stereocenters. The second kappa shape index (κ2) is 9.91. The first-order chi connectivity index (χ1) is 18.7. The van der Waals surface area contributed by atoms with E-state index in [2.05, 4.69) is 25.4 Å². The van der Waals surface area contributed by atoms with E-state index in [4.69, 9.17) is 4.74 Å². The fourth-order valence-electron chi connectivity index (χ4n) is 5.64. The van der Waals surface area contributed by atoms with E-state index in [9.17, 15) is 13.2 Å². The minimum Gasteiger partial charge on any atom is -0.377 e. The van der Waals surface area contributed by atoms with Gasteiger partial charge in [0.15, 0.2) is 23.2 Å². The minimum absolute atomic E-state index is 0.0412. The Hall–Kier alpha value is -3.51. The number of hydrogen-bond donors (Lipinski definition) is 2. The van der Waals surface area contributed by atoms with Gasteiger partial charge in [-0.3, -0.25) is 4.68 Å². The number of ether oxygens (including phenoxy) is 1. The monoisotopic (exact) mass is 543 g/mol. The van der Waals surface area contributed by atoms with Crippen molar-refractivity contribution in [3.05, 3.63) is 47.7 Å². The molecule has 0 radical (unpaired) electrons. The predicted octanol–water partition coefficient (Wildman–Crippen LogP) is 5.10. The van der Waals surface area contributed by atoms with Crippen molar-refractivity contribution >= 4 is 16.7 Å². The van der Waals surface area contributed by atoms with Crippen LogP contribution in [0.4, 0.5) is 23.4 Å². The number of aromatic amines is 1. The predicted molar refractivity (Wildman–Crippen MR) is 139 cm³/mol. The fourth-order valence-corrected chi connectivity index (χ4v) is 5.64. The highest BCUT2D eigenvalue weighted by Gasteiger charge is 2.42. The maximum Gasteiger partial charge on any atom is 0.435 e. The second-order valence-corrected chi connectivity index (χ2v) is 10.1. The summed E-state index contributed by atoms with van der Waals surface area (Å²) in [5.74, 6) is -0.792. The molecule has 5 heterocycles. The van der Waals surface area contributed by atoms with Crippen LogP contribution >= 0.6 is 0 Å². The van der Waals surface area contributed by atoms with Crippen molar-refractivity contribution in [2.24, 2.45) is 0 Å². The molecule has 39 heavy (non-hydrogen) atoms. The number of piperidine rings is 1. The fraction of sp³-hybridized carbons (Fsp3) is 0.444. The van der Waals surface area contributed by atoms with Crippen LogP contribution in [-0.4, -0.2) is 63.6 Å². The van der Waals surface area contributed by atoms with Crippen LogP contribution in [0.3, 0.4) is 0 Å². The number of alkyl halides is 3. The molecule has 2 aliphatic heterocycles. The third kappa shape index (κ3) is 4.55. The van der Waals surface area contributed by atoms with Gasteiger partial charge in [-0.25, -0.2) is 14.4 Å². The molecule has 2 aliphatic rings. The van der Waals surface area contributed by atoms with Crippen molar-refractivity contribution in [3.8, 4) is 22.6 Å². The summed E-state index contributed by atoms with van der Waals surface area (Å²) in [6.07, 6.45) is -1.78. The number of nitrogens with zero attached hydrogens (tertiary/aromatic N) is 5. The van der Waals surface area contributed by atoms with Crippen LogP contribution in [0.5, 0.6) is 0 Å². The van der Waals surface area contributed by atoms with E-state index in [0.717, 1.165) is 10.9 Å². The molecular weight excluding hydrogens is 514 g/mol. The van der Waals surface area contributed by atoms with Gasteiger partial charge in [0.2, 0.25) is 0 Å². The Balaban J connectivity index is 1.61. The first kappa shape index (κ1) is 25.8. The molecule has 1 aromatic carbocycles. The number of anilines is 1. The molecule has 3 aromatic heterocycles. The van der Waals surface area contributed by atoms with E-state index in [1.165, 1.54) is 4.68 Å². The molecule has 0 bridgehead atoms. The Morgan fingerprint density at radius 2 is 1.90 bits per heavy atom. The third-order valence-corrected chi connectivity index (χ3v) is 7.62. The SMILES string of the molecule is Cc1c(-c2nc(-c3cccc4[nH]ccc34)nc(N3CCOC[C@H]3C)c2F)c(C(F)(F)F)nn1C1CCNCC1. The Kier molecular flexibility index (Phi) is 6.54. The average molecular weight is 544 g/mol. The normalized spacial score (nSPS) is 19.2. The van der Waals surface area contributed by atoms with Crippen LogP contribution in [0.15, 0.2) is 30.5 Å². The highest BCUT2D eigenvalue weighted by atomic mass is 19.4. The van der Waals surface area contributed by atoms with Crippen LogP contribution < -0.4 is 10.2 Å². The third-order valence-electron chi connectivity index (χ3n) is 7.62. The van der Waals surface area contributed by atoms with Gasteiger partial charge in [-0.15, -0.1) is 0 Å². The van der Waals surface area contributed by atoms with Crippen LogP contribution in [0.25, 0.3) is 33.5 Å². The van der Waals surface area contributed by atoms with E-state index in [1.807, 2.05) is 19.1 Å². The summed E-state index contributed by atoms with van der Waals surface area (Å²) in [4.78, 5) is 14.0. The number of nitrogens with one attached hydrogen (secondary N) is 2. The van der Waals surface area contributed by atoms with Gasteiger partial charge in [-0.05, 0) is 51.9 Å². The first-order valence-electron chi connectivity index (χ1n) is 13.1. The smallest absolute Gasteiger partial charge is 0.377 e. The molecule has 206 valence electrons. The summed E-state index contributed by atoms with van der Waals surface area (Å²) < 4.78 is 66.7. The molecule has 0 spiro atoms.